The predicted molar refractivity (Wildman–Crippen MR) is 114 cm³/mol. The standard InChI is InChI=1S/C23H27N3O3/c1-23(2,3)20-14-21(26(25-20)15-17-10-6-5-7-11-17)24-22(27)16-29-19-13-9-8-12-18(19)28-4/h5-14H,15-16H2,1-4H3,(H,24,27). The van der Waals surface area contributed by atoms with Crippen LogP contribution in [0.1, 0.15) is 32.0 Å². The monoisotopic (exact) mass is 393 g/mol. The number of carbonyl (C=O) groups is 1. The maximum Gasteiger partial charge on any atom is 0.263 e. The van der Waals surface area contributed by atoms with Crippen molar-refractivity contribution in [2.45, 2.75) is 32.7 Å². The summed E-state index contributed by atoms with van der Waals surface area (Å²) in [6.07, 6.45) is 0. The van der Waals surface area contributed by atoms with E-state index in [1.165, 1.54) is 0 Å². The van der Waals surface area contributed by atoms with E-state index < -0.39 is 0 Å². The average Bonchev–Trinajstić information content (AvgIpc) is 3.10. The van der Waals surface area contributed by atoms with E-state index in [1.54, 1.807) is 19.2 Å². The van der Waals surface area contributed by atoms with Crippen LogP contribution in [-0.4, -0.2) is 29.4 Å². The first-order valence-electron chi connectivity index (χ1n) is 9.55. The molecule has 0 aliphatic rings. The maximum absolute atomic E-state index is 12.5. The molecule has 0 saturated carbocycles. The highest BCUT2D eigenvalue weighted by Gasteiger charge is 2.21. The van der Waals surface area contributed by atoms with Gasteiger partial charge in [-0.2, -0.15) is 5.10 Å². The molecular formula is C23H27N3O3. The predicted octanol–water partition coefficient (Wildman–Crippen LogP) is 4.26. The second-order valence-corrected chi connectivity index (χ2v) is 7.80. The van der Waals surface area contributed by atoms with Crippen LogP contribution in [0.15, 0.2) is 60.7 Å². The van der Waals surface area contributed by atoms with Crippen LogP contribution in [0.25, 0.3) is 0 Å². The minimum atomic E-state index is -0.259. The zero-order valence-corrected chi connectivity index (χ0v) is 17.3. The molecule has 1 N–H and O–H groups in total. The van der Waals surface area contributed by atoms with Gasteiger partial charge in [0.15, 0.2) is 18.1 Å². The number of nitrogens with one attached hydrogen (secondary N) is 1. The van der Waals surface area contributed by atoms with Gasteiger partial charge in [0.1, 0.15) is 5.82 Å². The molecule has 3 rings (SSSR count). The van der Waals surface area contributed by atoms with Crippen molar-refractivity contribution in [1.29, 1.82) is 0 Å². The lowest BCUT2D eigenvalue weighted by molar-refractivity contribution is -0.118. The number of para-hydroxylation sites is 2. The van der Waals surface area contributed by atoms with Gasteiger partial charge in [0.05, 0.1) is 19.3 Å². The summed E-state index contributed by atoms with van der Waals surface area (Å²) in [6.45, 7) is 6.73. The van der Waals surface area contributed by atoms with Crippen LogP contribution in [-0.2, 0) is 16.8 Å². The van der Waals surface area contributed by atoms with Crippen molar-refractivity contribution < 1.29 is 14.3 Å². The highest BCUT2D eigenvalue weighted by Crippen LogP contribution is 2.26. The highest BCUT2D eigenvalue weighted by molar-refractivity contribution is 5.91. The zero-order valence-electron chi connectivity index (χ0n) is 17.3. The molecule has 3 aromatic rings. The number of rotatable bonds is 7. The molecule has 0 unspecified atom stereocenters. The molecule has 6 nitrogen and oxygen atoms in total. The van der Waals surface area contributed by atoms with Crippen molar-refractivity contribution in [1.82, 2.24) is 9.78 Å². The third kappa shape index (κ3) is 5.38. The molecule has 6 heteroatoms. The van der Waals surface area contributed by atoms with E-state index in [1.807, 2.05) is 53.2 Å². The van der Waals surface area contributed by atoms with Crippen molar-refractivity contribution in [2.75, 3.05) is 19.0 Å². The van der Waals surface area contributed by atoms with Gasteiger partial charge in [-0.25, -0.2) is 4.68 Å². The Hall–Kier alpha value is -3.28. The molecule has 0 radical (unpaired) electrons. The Morgan fingerprint density at radius 2 is 1.69 bits per heavy atom. The van der Waals surface area contributed by atoms with Gasteiger partial charge in [0.25, 0.3) is 5.91 Å². The number of methoxy groups -OCH3 is 1. The first-order chi connectivity index (χ1) is 13.9. The van der Waals surface area contributed by atoms with Crippen LogP contribution in [0.4, 0.5) is 5.82 Å². The van der Waals surface area contributed by atoms with E-state index >= 15 is 0 Å². The summed E-state index contributed by atoms with van der Waals surface area (Å²) in [5.74, 6) is 1.50. The number of anilines is 1. The van der Waals surface area contributed by atoms with Gasteiger partial charge in [0.2, 0.25) is 0 Å². The Balaban J connectivity index is 1.74. The Morgan fingerprint density at radius 3 is 2.34 bits per heavy atom. The molecule has 152 valence electrons. The Kier molecular flexibility index (Phi) is 6.22. The fraction of sp³-hybridized carbons (Fsp3) is 0.304. The van der Waals surface area contributed by atoms with E-state index in [9.17, 15) is 4.79 Å². The van der Waals surface area contributed by atoms with E-state index in [4.69, 9.17) is 14.6 Å². The summed E-state index contributed by atoms with van der Waals surface area (Å²) >= 11 is 0. The quantitative estimate of drug-likeness (QED) is 0.652. The molecule has 0 bridgehead atoms. The van der Waals surface area contributed by atoms with Crippen LogP contribution >= 0.6 is 0 Å². The molecule has 0 aliphatic carbocycles. The Morgan fingerprint density at radius 1 is 1.03 bits per heavy atom. The molecular weight excluding hydrogens is 366 g/mol. The Labute approximate surface area is 171 Å². The molecule has 0 fully saturated rings. The molecule has 1 amide bonds. The normalized spacial score (nSPS) is 11.2. The molecule has 0 saturated heterocycles. The smallest absolute Gasteiger partial charge is 0.263 e. The van der Waals surface area contributed by atoms with Gasteiger partial charge >= 0.3 is 0 Å². The lowest BCUT2D eigenvalue weighted by Crippen LogP contribution is -2.22. The largest absolute Gasteiger partial charge is 0.493 e. The van der Waals surface area contributed by atoms with Crippen LogP contribution < -0.4 is 14.8 Å². The zero-order chi connectivity index (χ0) is 20.9. The van der Waals surface area contributed by atoms with Crippen molar-refractivity contribution >= 4 is 11.7 Å². The molecule has 0 spiro atoms. The number of carbonyl (C=O) groups excluding carboxylic acids is 1. The molecule has 0 atom stereocenters. The lowest BCUT2D eigenvalue weighted by Gasteiger charge is -2.14. The van der Waals surface area contributed by atoms with Gasteiger partial charge in [-0.1, -0.05) is 63.2 Å². The summed E-state index contributed by atoms with van der Waals surface area (Å²) < 4.78 is 12.7. The van der Waals surface area contributed by atoms with Gasteiger partial charge in [0, 0.05) is 11.5 Å². The average molecular weight is 393 g/mol. The van der Waals surface area contributed by atoms with Crippen LogP contribution in [0.2, 0.25) is 0 Å². The first-order valence-corrected chi connectivity index (χ1v) is 9.55. The second kappa shape index (κ2) is 8.82. The topological polar surface area (TPSA) is 65.4 Å². The number of aromatic nitrogens is 2. The number of benzene rings is 2. The van der Waals surface area contributed by atoms with Crippen molar-refractivity contribution in [3.05, 3.63) is 71.9 Å². The lowest BCUT2D eigenvalue weighted by atomic mass is 9.92. The van der Waals surface area contributed by atoms with Gasteiger partial charge in [-0.3, -0.25) is 4.79 Å². The molecule has 1 aromatic heterocycles. The SMILES string of the molecule is COc1ccccc1OCC(=O)Nc1cc(C(C)(C)C)nn1Cc1ccccc1. The second-order valence-electron chi connectivity index (χ2n) is 7.80. The van der Waals surface area contributed by atoms with E-state index in [0.29, 0.717) is 23.9 Å². The van der Waals surface area contributed by atoms with Crippen LogP contribution in [0.3, 0.4) is 0 Å². The summed E-state index contributed by atoms with van der Waals surface area (Å²) in [4.78, 5) is 12.5. The van der Waals surface area contributed by atoms with Gasteiger partial charge in [-0.05, 0) is 17.7 Å². The van der Waals surface area contributed by atoms with Crippen LogP contribution in [0.5, 0.6) is 11.5 Å². The number of ether oxygens (including phenoxy) is 2. The van der Waals surface area contributed by atoms with E-state index in [0.717, 1.165) is 11.3 Å². The fourth-order valence-electron chi connectivity index (χ4n) is 2.82. The number of hydrogen-bond donors (Lipinski definition) is 1. The summed E-state index contributed by atoms with van der Waals surface area (Å²) in [5, 5.41) is 7.64. The molecule has 2 aromatic carbocycles. The molecule has 0 aliphatic heterocycles. The van der Waals surface area contributed by atoms with E-state index in [-0.39, 0.29) is 17.9 Å². The summed E-state index contributed by atoms with van der Waals surface area (Å²) in [6, 6.07) is 19.2. The first kappa shape index (κ1) is 20.5. The van der Waals surface area contributed by atoms with Crippen molar-refractivity contribution in [2.24, 2.45) is 0 Å². The van der Waals surface area contributed by atoms with Gasteiger partial charge < -0.3 is 14.8 Å². The number of nitrogens with zero attached hydrogens (tertiary/aromatic N) is 2. The fourth-order valence-corrected chi connectivity index (χ4v) is 2.82. The van der Waals surface area contributed by atoms with Crippen molar-refractivity contribution in [3.8, 4) is 11.5 Å². The maximum atomic E-state index is 12.5. The summed E-state index contributed by atoms with van der Waals surface area (Å²) in [5.41, 5.74) is 1.89. The van der Waals surface area contributed by atoms with Crippen molar-refractivity contribution in [3.63, 3.8) is 0 Å². The summed E-state index contributed by atoms with van der Waals surface area (Å²) in [7, 11) is 1.57. The van der Waals surface area contributed by atoms with Gasteiger partial charge in [-0.15, -0.1) is 0 Å². The third-order valence-corrected chi connectivity index (χ3v) is 4.42. The number of hydrogen-bond acceptors (Lipinski definition) is 4. The highest BCUT2D eigenvalue weighted by atomic mass is 16.5. The minimum absolute atomic E-state index is 0.123. The molecule has 1 heterocycles. The molecule has 29 heavy (non-hydrogen) atoms. The van der Waals surface area contributed by atoms with Crippen LogP contribution in [0, 0.1) is 0 Å². The minimum Gasteiger partial charge on any atom is -0.493 e. The van der Waals surface area contributed by atoms with E-state index in [2.05, 4.69) is 26.1 Å². The Bertz CT molecular complexity index is 959. The third-order valence-electron chi connectivity index (χ3n) is 4.42. The number of amides is 1.